The quantitative estimate of drug-likeness (QED) is 0.226. The van der Waals surface area contributed by atoms with E-state index in [1.54, 1.807) is 7.05 Å². The van der Waals surface area contributed by atoms with Gasteiger partial charge in [-0.3, -0.25) is 19.5 Å². The van der Waals surface area contributed by atoms with E-state index in [0.717, 1.165) is 19.3 Å². The molecule has 5 unspecified atom stereocenters. The van der Waals surface area contributed by atoms with Crippen molar-refractivity contribution in [1.29, 1.82) is 0 Å². The molecule has 0 radical (unpaired) electrons. The Morgan fingerprint density at radius 3 is 2.34 bits per heavy atom. The number of aliphatic imine (C=N–C) groups is 1. The molecule has 0 aromatic carbocycles. The number of hydrogen-bond acceptors (Lipinski definition) is 5. The summed E-state index contributed by atoms with van der Waals surface area (Å²) in [6.07, 6.45) is 6.39. The van der Waals surface area contributed by atoms with Gasteiger partial charge in [-0.2, -0.15) is 0 Å². The van der Waals surface area contributed by atoms with Crippen molar-refractivity contribution in [3.05, 3.63) is 12.2 Å². The minimum Gasteiger partial charge on any atom is -0.444 e. The lowest BCUT2D eigenvalue weighted by Crippen LogP contribution is -2.49. The molecule has 9 heteroatoms. The second kappa shape index (κ2) is 9.92. The van der Waals surface area contributed by atoms with Crippen LogP contribution >= 0.6 is 0 Å². The van der Waals surface area contributed by atoms with Crippen LogP contribution in [-0.2, 0) is 14.3 Å². The molecule has 2 bridgehead atoms. The van der Waals surface area contributed by atoms with Gasteiger partial charge in [0, 0.05) is 32.7 Å². The van der Waals surface area contributed by atoms with Crippen LogP contribution in [0.2, 0.25) is 0 Å². The standard InChI is InChI=1S/C23H37N5O4/c1-6-7-16(27-22(31)32-23(2,3)4)13-26-21(24-5)25-10-11-28-19(29)17-14-8-9-15(12-14)18(17)20(28)30/h8-9,14-18H,6-7,10-13H2,1-5H3,(H,27,31)(H2,24,25,26). The third kappa shape index (κ3) is 5.42. The van der Waals surface area contributed by atoms with E-state index in [4.69, 9.17) is 4.74 Å². The maximum Gasteiger partial charge on any atom is 0.407 e. The number of fused-ring (bicyclic) bond motifs is 5. The van der Waals surface area contributed by atoms with Gasteiger partial charge < -0.3 is 20.7 Å². The number of nitrogens with zero attached hydrogens (tertiary/aromatic N) is 2. The highest BCUT2D eigenvalue weighted by Crippen LogP contribution is 2.52. The zero-order valence-corrected chi connectivity index (χ0v) is 19.8. The van der Waals surface area contributed by atoms with Crippen LogP contribution in [0.5, 0.6) is 0 Å². The van der Waals surface area contributed by atoms with E-state index >= 15 is 0 Å². The summed E-state index contributed by atoms with van der Waals surface area (Å²) in [6, 6.07) is -0.113. The molecule has 1 saturated carbocycles. The minimum atomic E-state index is -0.551. The van der Waals surface area contributed by atoms with Gasteiger partial charge in [0.05, 0.1) is 11.8 Å². The number of nitrogens with one attached hydrogen (secondary N) is 3. The average molecular weight is 448 g/mol. The summed E-state index contributed by atoms with van der Waals surface area (Å²) < 4.78 is 5.34. The fourth-order valence-corrected chi connectivity index (χ4v) is 4.96. The lowest BCUT2D eigenvalue weighted by atomic mass is 9.85. The normalized spacial score (nSPS) is 27.5. The summed E-state index contributed by atoms with van der Waals surface area (Å²) in [6.45, 7) is 8.75. The van der Waals surface area contributed by atoms with Crippen molar-refractivity contribution in [1.82, 2.24) is 20.9 Å². The predicted molar refractivity (Wildman–Crippen MR) is 122 cm³/mol. The molecule has 1 aliphatic heterocycles. The third-order valence-electron chi connectivity index (χ3n) is 6.29. The highest BCUT2D eigenvalue weighted by Gasteiger charge is 2.58. The van der Waals surface area contributed by atoms with Crippen molar-refractivity contribution in [2.24, 2.45) is 28.7 Å². The summed E-state index contributed by atoms with van der Waals surface area (Å²) in [5, 5.41) is 9.26. The van der Waals surface area contributed by atoms with E-state index < -0.39 is 11.7 Å². The third-order valence-corrected chi connectivity index (χ3v) is 6.29. The van der Waals surface area contributed by atoms with Crippen LogP contribution in [-0.4, -0.2) is 67.1 Å². The Balaban J connectivity index is 1.44. The van der Waals surface area contributed by atoms with Crippen LogP contribution in [0, 0.1) is 23.7 Å². The lowest BCUT2D eigenvalue weighted by Gasteiger charge is -2.24. The number of rotatable bonds is 8. The van der Waals surface area contributed by atoms with Crippen LogP contribution in [0.4, 0.5) is 4.79 Å². The van der Waals surface area contributed by atoms with Crippen LogP contribution in [0.15, 0.2) is 17.1 Å². The van der Waals surface area contributed by atoms with Crippen molar-refractivity contribution in [3.63, 3.8) is 0 Å². The second-order valence-corrected chi connectivity index (χ2v) is 9.84. The fourth-order valence-electron chi connectivity index (χ4n) is 4.96. The monoisotopic (exact) mass is 447 g/mol. The number of ether oxygens (including phenoxy) is 1. The number of hydrogen-bond donors (Lipinski definition) is 3. The summed E-state index contributed by atoms with van der Waals surface area (Å²) in [5.41, 5.74) is -0.551. The molecule has 1 heterocycles. The van der Waals surface area contributed by atoms with Gasteiger partial charge in [-0.25, -0.2) is 4.79 Å². The van der Waals surface area contributed by atoms with Gasteiger partial charge >= 0.3 is 6.09 Å². The summed E-state index contributed by atoms with van der Waals surface area (Å²) >= 11 is 0. The van der Waals surface area contributed by atoms with Crippen LogP contribution in [0.3, 0.4) is 0 Å². The zero-order chi connectivity index (χ0) is 23.5. The Morgan fingerprint density at radius 1 is 1.19 bits per heavy atom. The Bertz CT molecular complexity index is 758. The maximum atomic E-state index is 12.8. The molecule has 32 heavy (non-hydrogen) atoms. The summed E-state index contributed by atoms with van der Waals surface area (Å²) in [5.74, 6) is 0.603. The topological polar surface area (TPSA) is 112 Å². The molecule has 9 nitrogen and oxygen atoms in total. The number of alkyl carbamates (subject to hydrolysis) is 1. The first-order valence-corrected chi connectivity index (χ1v) is 11.6. The average Bonchev–Trinajstić information content (AvgIpc) is 3.38. The number of carbonyl (C=O) groups excluding carboxylic acids is 3. The second-order valence-electron chi connectivity index (χ2n) is 9.84. The molecular weight excluding hydrogens is 410 g/mol. The fraction of sp³-hybridized carbons (Fsp3) is 0.739. The number of guanidine groups is 1. The first kappa shape index (κ1) is 24.1. The molecule has 178 valence electrons. The van der Waals surface area contributed by atoms with Crippen molar-refractivity contribution in [2.45, 2.75) is 58.6 Å². The predicted octanol–water partition coefficient (Wildman–Crippen LogP) is 1.65. The molecule has 3 amide bonds. The number of allylic oxidation sites excluding steroid dienone is 2. The van der Waals surface area contributed by atoms with Gasteiger partial charge in [0.25, 0.3) is 0 Å². The van der Waals surface area contributed by atoms with Crippen molar-refractivity contribution < 1.29 is 19.1 Å². The molecule has 1 saturated heterocycles. The Morgan fingerprint density at radius 2 is 1.81 bits per heavy atom. The van der Waals surface area contributed by atoms with Crippen LogP contribution < -0.4 is 16.0 Å². The van der Waals surface area contributed by atoms with Gasteiger partial charge in [0.15, 0.2) is 5.96 Å². The van der Waals surface area contributed by atoms with E-state index in [2.05, 4.69) is 40.0 Å². The van der Waals surface area contributed by atoms with E-state index in [1.807, 2.05) is 20.8 Å². The molecular formula is C23H37N5O4. The van der Waals surface area contributed by atoms with Crippen LogP contribution in [0.25, 0.3) is 0 Å². The highest BCUT2D eigenvalue weighted by atomic mass is 16.6. The molecule has 2 fully saturated rings. The number of likely N-dealkylation sites (tertiary alicyclic amines) is 1. The molecule has 2 aliphatic carbocycles. The molecule has 0 aromatic rings. The van der Waals surface area contributed by atoms with Crippen LogP contribution in [0.1, 0.15) is 47.0 Å². The number of imide groups is 1. The van der Waals surface area contributed by atoms with E-state index in [1.165, 1.54) is 4.90 Å². The molecule has 3 aliphatic rings. The van der Waals surface area contributed by atoms with E-state index in [9.17, 15) is 14.4 Å². The van der Waals surface area contributed by atoms with Crippen molar-refractivity contribution in [2.75, 3.05) is 26.7 Å². The van der Waals surface area contributed by atoms with E-state index in [0.29, 0.717) is 25.6 Å². The molecule has 0 spiro atoms. The first-order valence-electron chi connectivity index (χ1n) is 11.6. The van der Waals surface area contributed by atoms with Gasteiger partial charge in [-0.1, -0.05) is 25.5 Å². The zero-order valence-electron chi connectivity index (χ0n) is 19.8. The number of amides is 3. The lowest BCUT2D eigenvalue weighted by molar-refractivity contribution is -0.140. The van der Waals surface area contributed by atoms with Gasteiger partial charge in [0.2, 0.25) is 11.8 Å². The first-order chi connectivity index (χ1) is 15.1. The Kier molecular flexibility index (Phi) is 7.46. The summed E-state index contributed by atoms with van der Waals surface area (Å²) in [4.78, 5) is 43.2. The minimum absolute atomic E-state index is 0.0360. The van der Waals surface area contributed by atoms with E-state index in [-0.39, 0.29) is 41.5 Å². The van der Waals surface area contributed by atoms with Crippen molar-refractivity contribution >= 4 is 23.9 Å². The highest BCUT2D eigenvalue weighted by molar-refractivity contribution is 6.06. The van der Waals surface area contributed by atoms with Gasteiger partial charge in [-0.05, 0) is 45.4 Å². The molecule has 3 rings (SSSR count). The molecule has 3 N–H and O–H groups in total. The molecule has 0 aromatic heterocycles. The Labute approximate surface area is 190 Å². The largest absolute Gasteiger partial charge is 0.444 e. The maximum absolute atomic E-state index is 12.8. The van der Waals surface area contributed by atoms with Crippen molar-refractivity contribution in [3.8, 4) is 0 Å². The van der Waals surface area contributed by atoms with Gasteiger partial charge in [-0.15, -0.1) is 0 Å². The Hall–Kier alpha value is -2.58. The van der Waals surface area contributed by atoms with Gasteiger partial charge in [0.1, 0.15) is 5.60 Å². The molecule has 5 atom stereocenters. The summed E-state index contributed by atoms with van der Waals surface area (Å²) in [7, 11) is 1.66. The SMILES string of the molecule is CCCC(CNC(=NC)NCCN1C(=O)C2C3C=CC(C3)C2C1=O)NC(=O)OC(C)(C)C. The number of carbonyl (C=O) groups is 3. The smallest absolute Gasteiger partial charge is 0.407 e.